The third-order valence-corrected chi connectivity index (χ3v) is 2.22. The molecule has 0 fully saturated rings. The van der Waals surface area contributed by atoms with Crippen LogP contribution in [0.3, 0.4) is 0 Å². The van der Waals surface area contributed by atoms with Crippen LogP contribution >= 0.6 is 12.2 Å². The van der Waals surface area contributed by atoms with Crippen LogP contribution in [0.1, 0.15) is 24.0 Å². The van der Waals surface area contributed by atoms with E-state index in [2.05, 4.69) is 0 Å². The Bertz CT molecular complexity index is 316. The highest BCUT2D eigenvalue weighted by molar-refractivity contribution is 7.79. The van der Waals surface area contributed by atoms with Gasteiger partial charge in [0.2, 0.25) is 0 Å². The van der Waals surface area contributed by atoms with Crippen LogP contribution in [0.5, 0.6) is 0 Å². The lowest BCUT2D eigenvalue weighted by Crippen LogP contribution is -2.07. The minimum absolute atomic E-state index is 0.459. The monoisotopic (exact) mass is 194 g/mol. The van der Waals surface area contributed by atoms with Crippen molar-refractivity contribution >= 4 is 23.6 Å². The number of benzene rings is 1. The molecular weight excluding hydrogens is 184 g/mol. The summed E-state index contributed by atoms with van der Waals surface area (Å²) in [6.45, 7) is 1.66. The summed E-state index contributed by atoms with van der Waals surface area (Å²) < 4.78 is 0. The van der Waals surface area contributed by atoms with E-state index >= 15 is 0 Å². The number of aliphatic carboxylic acids is 1. The fraction of sp³-hybridized carbons (Fsp3) is 0.200. The maximum Gasteiger partial charge on any atom is 0.310 e. The summed E-state index contributed by atoms with van der Waals surface area (Å²) in [4.78, 5) is 10.6. The summed E-state index contributed by atoms with van der Waals surface area (Å²) in [5, 5.41) is 10.3. The highest BCUT2D eigenvalue weighted by Crippen LogP contribution is 2.15. The number of rotatable bonds is 3. The lowest BCUT2D eigenvalue weighted by Gasteiger charge is -2.05. The molecule has 0 spiro atoms. The van der Waals surface area contributed by atoms with Gasteiger partial charge in [-0.05, 0) is 18.1 Å². The molecule has 1 rings (SSSR count). The molecule has 0 saturated heterocycles. The van der Waals surface area contributed by atoms with Crippen molar-refractivity contribution in [1.82, 2.24) is 0 Å². The van der Waals surface area contributed by atoms with E-state index in [0.29, 0.717) is 0 Å². The SMILES string of the molecule is C[C@@H](C(=O)O)c1ccc(C=S)cc1. The highest BCUT2D eigenvalue weighted by Gasteiger charge is 2.12. The fourth-order valence-corrected chi connectivity index (χ4v) is 1.16. The van der Waals surface area contributed by atoms with Crippen LogP contribution in [-0.2, 0) is 4.79 Å². The smallest absolute Gasteiger partial charge is 0.310 e. The molecular formula is C10H10O2S. The van der Waals surface area contributed by atoms with E-state index in [1.807, 2.05) is 12.1 Å². The van der Waals surface area contributed by atoms with Gasteiger partial charge >= 0.3 is 5.97 Å². The molecule has 0 aliphatic heterocycles. The molecule has 2 nitrogen and oxygen atoms in total. The number of thiocarbonyl (C=S) groups is 1. The first kappa shape index (κ1) is 9.86. The van der Waals surface area contributed by atoms with Crippen molar-refractivity contribution in [3.63, 3.8) is 0 Å². The van der Waals surface area contributed by atoms with Gasteiger partial charge in [0.1, 0.15) is 0 Å². The average Bonchev–Trinajstić information content (AvgIpc) is 2.17. The molecule has 1 aromatic rings. The molecule has 1 aromatic carbocycles. The van der Waals surface area contributed by atoms with E-state index in [1.54, 1.807) is 24.4 Å². The molecule has 1 atom stereocenters. The van der Waals surface area contributed by atoms with Crippen molar-refractivity contribution in [2.45, 2.75) is 12.8 Å². The Hall–Kier alpha value is -1.22. The van der Waals surface area contributed by atoms with Crippen molar-refractivity contribution in [3.05, 3.63) is 35.4 Å². The third-order valence-electron chi connectivity index (χ3n) is 1.94. The van der Waals surface area contributed by atoms with Crippen molar-refractivity contribution in [3.8, 4) is 0 Å². The average molecular weight is 194 g/mol. The minimum Gasteiger partial charge on any atom is -0.481 e. The van der Waals surface area contributed by atoms with Gasteiger partial charge in [-0.1, -0.05) is 36.5 Å². The Morgan fingerprint density at radius 2 is 2.00 bits per heavy atom. The first-order chi connectivity index (χ1) is 6.15. The zero-order chi connectivity index (χ0) is 9.84. The van der Waals surface area contributed by atoms with Gasteiger partial charge in [-0.15, -0.1) is 0 Å². The second-order valence-corrected chi connectivity index (χ2v) is 3.08. The predicted molar refractivity (Wildman–Crippen MR) is 55.2 cm³/mol. The largest absolute Gasteiger partial charge is 0.481 e. The Balaban J connectivity index is 2.91. The lowest BCUT2D eigenvalue weighted by molar-refractivity contribution is -0.138. The first-order valence-corrected chi connectivity index (χ1v) is 4.40. The van der Waals surface area contributed by atoms with Crippen molar-refractivity contribution in [2.75, 3.05) is 0 Å². The van der Waals surface area contributed by atoms with E-state index in [1.165, 1.54) is 0 Å². The molecule has 0 bridgehead atoms. The second-order valence-electron chi connectivity index (χ2n) is 2.84. The van der Waals surface area contributed by atoms with Gasteiger partial charge in [-0.2, -0.15) is 0 Å². The van der Waals surface area contributed by atoms with Crippen LogP contribution in [0.25, 0.3) is 0 Å². The molecule has 0 saturated carbocycles. The number of carboxylic acid groups (broad SMARTS) is 1. The number of hydrogen-bond donors (Lipinski definition) is 1. The Morgan fingerprint density at radius 3 is 2.38 bits per heavy atom. The van der Waals surface area contributed by atoms with Gasteiger partial charge in [0.15, 0.2) is 0 Å². The topological polar surface area (TPSA) is 37.3 Å². The summed E-state index contributed by atoms with van der Waals surface area (Å²) >= 11 is 4.74. The normalized spacial score (nSPS) is 12.1. The maximum atomic E-state index is 10.6. The molecule has 0 aliphatic rings. The molecule has 0 heterocycles. The lowest BCUT2D eigenvalue weighted by atomic mass is 10.0. The molecule has 0 amide bonds. The molecule has 0 aliphatic carbocycles. The van der Waals surface area contributed by atoms with Crippen LogP contribution in [0.2, 0.25) is 0 Å². The Labute approximate surface area is 82.2 Å². The van der Waals surface area contributed by atoms with Gasteiger partial charge in [0, 0.05) is 5.37 Å². The van der Waals surface area contributed by atoms with E-state index < -0.39 is 11.9 Å². The van der Waals surface area contributed by atoms with Crippen LogP contribution < -0.4 is 0 Å². The van der Waals surface area contributed by atoms with Gasteiger partial charge in [0.25, 0.3) is 0 Å². The van der Waals surface area contributed by atoms with Crippen LogP contribution in [-0.4, -0.2) is 16.4 Å². The van der Waals surface area contributed by atoms with Crippen LogP contribution in [0.15, 0.2) is 24.3 Å². The quantitative estimate of drug-likeness (QED) is 0.750. The van der Waals surface area contributed by atoms with Crippen molar-refractivity contribution < 1.29 is 9.90 Å². The molecule has 1 N–H and O–H groups in total. The minimum atomic E-state index is -0.810. The van der Waals surface area contributed by atoms with Crippen LogP contribution in [0.4, 0.5) is 0 Å². The van der Waals surface area contributed by atoms with E-state index in [-0.39, 0.29) is 0 Å². The van der Waals surface area contributed by atoms with Crippen molar-refractivity contribution in [1.29, 1.82) is 0 Å². The zero-order valence-corrected chi connectivity index (χ0v) is 8.04. The van der Waals surface area contributed by atoms with Crippen molar-refractivity contribution in [2.24, 2.45) is 0 Å². The highest BCUT2D eigenvalue weighted by atomic mass is 32.1. The van der Waals surface area contributed by atoms with E-state index in [9.17, 15) is 4.79 Å². The summed E-state index contributed by atoms with van der Waals surface area (Å²) in [6.07, 6.45) is 0. The maximum absolute atomic E-state index is 10.6. The predicted octanol–water partition coefficient (Wildman–Crippen LogP) is 2.22. The Morgan fingerprint density at radius 1 is 1.46 bits per heavy atom. The van der Waals surface area contributed by atoms with Gasteiger partial charge < -0.3 is 5.11 Å². The first-order valence-electron chi connectivity index (χ1n) is 3.93. The van der Waals surface area contributed by atoms with Crippen LogP contribution in [0, 0.1) is 0 Å². The fourth-order valence-electron chi connectivity index (χ4n) is 1.01. The van der Waals surface area contributed by atoms with E-state index in [0.717, 1.165) is 11.1 Å². The molecule has 68 valence electrons. The third kappa shape index (κ3) is 2.36. The summed E-state index contributed by atoms with van der Waals surface area (Å²) in [6, 6.07) is 7.22. The molecule has 13 heavy (non-hydrogen) atoms. The van der Waals surface area contributed by atoms with Gasteiger partial charge in [-0.25, -0.2) is 0 Å². The van der Waals surface area contributed by atoms with E-state index in [4.69, 9.17) is 17.3 Å². The number of carboxylic acids is 1. The number of hydrogen-bond acceptors (Lipinski definition) is 2. The van der Waals surface area contributed by atoms with Gasteiger partial charge in [0.05, 0.1) is 5.92 Å². The molecule has 0 radical (unpaired) electrons. The number of carbonyl (C=O) groups is 1. The molecule has 3 heteroatoms. The molecule has 0 aromatic heterocycles. The van der Waals surface area contributed by atoms with Gasteiger partial charge in [-0.3, -0.25) is 4.79 Å². The second kappa shape index (κ2) is 4.14. The summed E-state index contributed by atoms with van der Waals surface area (Å²) in [5.74, 6) is -1.27. The molecule has 0 unspecified atom stereocenters. The summed E-state index contributed by atoms with van der Waals surface area (Å²) in [7, 11) is 0. The Kier molecular flexibility index (Phi) is 3.14. The standard InChI is InChI=1S/C10H10O2S/c1-7(10(11)12)9-4-2-8(6-13)3-5-9/h2-7H,1H3,(H,11,12)/t7-/m1/s1. The zero-order valence-electron chi connectivity index (χ0n) is 7.23. The summed E-state index contributed by atoms with van der Waals surface area (Å²) in [5.41, 5.74) is 1.73.